The summed E-state index contributed by atoms with van der Waals surface area (Å²) in [5, 5.41) is 16.6. The largest absolute Gasteiger partial charge is 0.359 e. The van der Waals surface area contributed by atoms with Crippen LogP contribution in [0, 0.1) is 6.92 Å². The van der Waals surface area contributed by atoms with Crippen LogP contribution in [0.15, 0.2) is 28.8 Å². The molecule has 2 aromatic heterocycles. The number of hydrogen-bond acceptors (Lipinski definition) is 5. The molecule has 1 saturated heterocycles. The molecule has 2 amide bonds. The van der Waals surface area contributed by atoms with Gasteiger partial charge in [0.1, 0.15) is 17.2 Å². The van der Waals surface area contributed by atoms with Crippen LogP contribution in [-0.4, -0.2) is 37.4 Å². The van der Waals surface area contributed by atoms with Crippen LogP contribution in [0.1, 0.15) is 61.4 Å². The third kappa shape index (κ3) is 4.30. The summed E-state index contributed by atoms with van der Waals surface area (Å²) in [6, 6.07) is 7.45. The summed E-state index contributed by atoms with van der Waals surface area (Å²) >= 11 is 6.02. The Morgan fingerprint density at radius 2 is 2.00 bits per heavy atom. The second kappa shape index (κ2) is 9.09. The van der Waals surface area contributed by atoms with Gasteiger partial charge in [-0.05, 0) is 43.9 Å². The van der Waals surface area contributed by atoms with Crippen LogP contribution in [0.4, 0.5) is 10.5 Å². The van der Waals surface area contributed by atoms with Crippen LogP contribution in [0.3, 0.4) is 0 Å². The summed E-state index contributed by atoms with van der Waals surface area (Å²) in [4.78, 5) is 15.1. The number of amides is 2. The first-order valence-corrected chi connectivity index (χ1v) is 11.1. The number of nitrogens with zero attached hydrogens (tertiary/aromatic N) is 5. The SMILES string of the molecule is CCc1noc(CC)c1NC(=O)N1CCC[C@@H]1c1nnc(C)n1Cc1ccc(Cl)cc1. The minimum absolute atomic E-state index is 0.136. The zero-order chi connectivity index (χ0) is 22.0. The molecule has 1 aliphatic heterocycles. The molecule has 0 bridgehead atoms. The predicted octanol–water partition coefficient (Wildman–Crippen LogP) is 4.77. The summed E-state index contributed by atoms with van der Waals surface area (Å²) in [5.74, 6) is 2.32. The van der Waals surface area contributed by atoms with Crippen molar-refractivity contribution in [1.29, 1.82) is 0 Å². The molecule has 3 heterocycles. The third-order valence-corrected chi connectivity index (χ3v) is 6.00. The van der Waals surface area contributed by atoms with Crippen molar-refractivity contribution in [3.05, 3.63) is 58.0 Å². The third-order valence-electron chi connectivity index (χ3n) is 5.75. The van der Waals surface area contributed by atoms with Gasteiger partial charge in [-0.3, -0.25) is 0 Å². The number of halogens is 1. The molecule has 1 aliphatic rings. The molecule has 9 heteroatoms. The molecule has 3 aromatic rings. The molecule has 8 nitrogen and oxygen atoms in total. The highest BCUT2D eigenvalue weighted by molar-refractivity contribution is 6.30. The second-order valence-electron chi connectivity index (χ2n) is 7.73. The van der Waals surface area contributed by atoms with E-state index < -0.39 is 0 Å². The molecule has 1 aromatic carbocycles. The summed E-state index contributed by atoms with van der Waals surface area (Å²) in [5.41, 5.74) is 2.56. The first-order valence-electron chi connectivity index (χ1n) is 10.7. The van der Waals surface area contributed by atoms with Crippen LogP contribution in [0.5, 0.6) is 0 Å². The highest BCUT2D eigenvalue weighted by Gasteiger charge is 2.34. The zero-order valence-corrected chi connectivity index (χ0v) is 18.8. The predicted molar refractivity (Wildman–Crippen MR) is 118 cm³/mol. The minimum atomic E-state index is -0.159. The van der Waals surface area contributed by atoms with Gasteiger partial charge in [0, 0.05) is 18.0 Å². The van der Waals surface area contributed by atoms with Crippen molar-refractivity contribution in [3.8, 4) is 0 Å². The normalized spacial score (nSPS) is 16.1. The number of urea groups is 1. The summed E-state index contributed by atoms with van der Waals surface area (Å²) < 4.78 is 7.47. The van der Waals surface area contributed by atoms with Gasteiger partial charge in [0.05, 0.1) is 12.6 Å². The van der Waals surface area contributed by atoms with Crippen molar-refractivity contribution in [2.24, 2.45) is 0 Å². The summed E-state index contributed by atoms with van der Waals surface area (Å²) in [6.07, 6.45) is 3.12. The molecular weight excluding hydrogens is 416 g/mol. The van der Waals surface area contributed by atoms with Crippen LogP contribution in [0.2, 0.25) is 5.02 Å². The molecule has 0 spiro atoms. The standard InChI is InChI=1S/C22H27ClN6O2/c1-4-17-20(19(5-2)31-27-17)24-22(30)28-12-6-7-18(28)21-26-25-14(3)29(21)13-15-8-10-16(23)11-9-15/h8-11,18H,4-7,12-13H2,1-3H3,(H,24,30)/t18-/m1/s1. The van der Waals surface area contributed by atoms with Crippen molar-refractivity contribution in [2.75, 3.05) is 11.9 Å². The van der Waals surface area contributed by atoms with Crippen LogP contribution < -0.4 is 5.32 Å². The molecule has 31 heavy (non-hydrogen) atoms. The van der Waals surface area contributed by atoms with Gasteiger partial charge in [-0.15, -0.1) is 10.2 Å². The Hall–Kier alpha value is -2.87. The Balaban J connectivity index is 1.57. The minimum Gasteiger partial charge on any atom is -0.359 e. The van der Waals surface area contributed by atoms with E-state index in [0.29, 0.717) is 42.4 Å². The average Bonchev–Trinajstić information content (AvgIpc) is 3.48. The molecule has 1 fully saturated rings. The number of hydrogen-bond donors (Lipinski definition) is 1. The van der Waals surface area contributed by atoms with E-state index >= 15 is 0 Å². The highest BCUT2D eigenvalue weighted by Crippen LogP contribution is 2.33. The number of rotatable bonds is 6. The van der Waals surface area contributed by atoms with Gasteiger partial charge in [0.2, 0.25) is 0 Å². The van der Waals surface area contributed by atoms with E-state index in [1.807, 2.05) is 49.9 Å². The van der Waals surface area contributed by atoms with Crippen LogP contribution >= 0.6 is 11.6 Å². The van der Waals surface area contributed by atoms with Crippen LogP contribution in [-0.2, 0) is 19.4 Å². The van der Waals surface area contributed by atoms with Gasteiger partial charge in [0.15, 0.2) is 11.6 Å². The Kier molecular flexibility index (Phi) is 6.27. The highest BCUT2D eigenvalue weighted by atomic mass is 35.5. The van der Waals surface area contributed by atoms with Gasteiger partial charge >= 0.3 is 6.03 Å². The average molecular weight is 443 g/mol. The van der Waals surface area contributed by atoms with Gasteiger partial charge in [-0.1, -0.05) is 42.7 Å². The number of anilines is 1. The molecule has 0 radical (unpaired) electrons. The molecule has 0 saturated carbocycles. The maximum absolute atomic E-state index is 13.2. The molecule has 4 rings (SSSR count). The lowest BCUT2D eigenvalue weighted by Crippen LogP contribution is -2.36. The van der Waals surface area contributed by atoms with E-state index in [2.05, 4.69) is 25.2 Å². The smallest absolute Gasteiger partial charge is 0.322 e. The number of aryl methyl sites for hydroxylation is 3. The lowest BCUT2D eigenvalue weighted by molar-refractivity contribution is 0.203. The van der Waals surface area contributed by atoms with E-state index in [-0.39, 0.29) is 12.1 Å². The molecule has 1 atom stereocenters. The van der Waals surface area contributed by atoms with Gasteiger partial charge in [0.25, 0.3) is 0 Å². The Morgan fingerprint density at radius 3 is 2.71 bits per heavy atom. The Bertz CT molecular complexity index is 1040. The lowest BCUT2D eigenvalue weighted by atomic mass is 10.2. The molecule has 164 valence electrons. The van der Waals surface area contributed by atoms with Crippen molar-refractivity contribution in [1.82, 2.24) is 24.8 Å². The Morgan fingerprint density at radius 1 is 1.23 bits per heavy atom. The number of likely N-dealkylation sites (tertiary alicyclic amines) is 1. The number of carbonyl (C=O) groups excluding carboxylic acids is 1. The van der Waals surface area contributed by atoms with E-state index in [4.69, 9.17) is 16.1 Å². The molecule has 0 aliphatic carbocycles. The second-order valence-corrected chi connectivity index (χ2v) is 8.17. The molecular formula is C22H27ClN6O2. The maximum atomic E-state index is 13.2. The van der Waals surface area contributed by atoms with Crippen molar-refractivity contribution in [2.45, 2.75) is 59.0 Å². The van der Waals surface area contributed by atoms with E-state index in [0.717, 1.165) is 35.7 Å². The maximum Gasteiger partial charge on any atom is 0.322 e. The molecule has 0 unspecified atom stereocenters. The quantitative estimate of drug-likeness (QED) is 0.593. The Labute approximate surface area is 186 Å². The molecule has 1 N–H and O–H groups in total. The van der Waals surface area contributed by atoms with E-state index in [9.17, 15) is 4.79 Å². The van der Waals surface area contributed by atoms with Crippen molar-refractivity contribution in [3.63, 3.8) is 0 Å². The number of aromatic nitrogens is 4. The van der Waals surface area contributed by atoms with Crippen LogP contribution in [0.25, 0.3) is 0 Å². The zero-order valence-electron chi connectivity index (χ0n) is 18.1. The summed E-state index contributed by atoms with van der Waals surface area (Å²) in [7, 11) is 0. The first kappa shape index (κ1) is 21.4. The van der Waals surface area contributed by atoms with Gasteiger partial charge in [-0.2, -0.15) is 0 Å². The topological polar surface area (TPSA) is 89.1 Å². The number of nitrogens with one attached hydrogen (secondary N) is 1. The first-order chi connectivity index (χ1) is 15.0. The fourth-order valence-electron chi connectivity index (χ4n) is 4.06. The monoisotopic (exact) mass is 442 g/mol. The number of carbonyl (C=O) groups is 1. The fraction of sp³-hybridized carbons (Fsp3) is 0.455. The summed E-state index contributed by atoms with van der Waals surface area (Å²) in [6.45, 7) is 7.20. The van der Waals surface area contributed by atoms with E-state index in [1.54, 1.807) is 0 Å². The van der Waals surface area contributed by atoms with Crippen molar-refractivity contribution < 1.29 is 9.32 Å². The van der Waals surface area contributed by atoms with Gasteiger partial charge in [-0.25, -0.2) is 4.79 Å². The fourth-order valence-corrected chi connectivity index (χ4v) is 4.18. The van der Waals surface area contributed by atoms with E-state index in [1.165, 1.54) is 0 Å². The van der Waals surface area contributed by atoms with Crippen molar-refractivity contribution >= 4 is 23.3 Å². The lowest BCUT2D eigenvalue weighted by Gasteiger charge is -2.25. The van der Waals surface area contributed by atoms with Gasteiger partial charge < -0.3 is 19.3 Å². The number of benzene rings is 1.